The summed E-state index contributed by atoms with van der Waals surface area (Å²) in [5.41, 5.74) is -0.766. The second kappa shape index (κ2) is 6.93. The summed E-state index contributed by atoms with van der Waals surface area (Å²) >= 11 is 0. The summed E-state index contributed by atoms with van der Waals surface area (Å²) < 4.78 is 0. The third-order valence-corrected chi connectivity index (χ3v) is 2.74. The van der Waals surface area contributed by atoms with Gasteiger partial charge in [0.05, 0.1) is 38.9 Å². The minimum atomic E-state index is -1.21. The van der Waals surface area contributed by atoms with E-state index in [1.54, 1.807) is 6.33 Å². The topological polar surface area (TPSA) is 178 Å². The van der Waals surface area contributed by atoms with Crippen molar-refractivity contribution in [3.8, 4) is 5.75 Å². The smallest absolute Gasteiger partial charge is 0.324 e. The van der Waals surface area contributed by atoms with E-state index in [0.717, 1.165) is 11.4 Å². The first-order valence-corrected chi connectivity index (χ1v) is 5.92. The summed E-state index contributed by atoms with van der Waals surface area (Å²) in [5.74, 6) is -1.21. The fourth-order valence-electron chi connectivity index (χ4n) is 1.40. The minimum absolute atomic E-state index is 0.447. The van der Waals surface area contributed by atoms with Crippen LogP contribution in [0.2, 0.25) is 0 Å². The highest BCUT2D eigenvalue weighted by atomic mass is 16.6. The van der Waals surface area contributed by atoms with Gasteiger partial charge in [0.15, 0.2) is 0 Å². The molecule has 12 nitrogen and oxygen atoms in total. The molecule has 0 aliphatic rings. The van der Waals surface area contributed by atoms with Crippen LogP contribution in [-0.4, -0.2) is 29.8 Å². The van der Waals surface area contributed by atoms with Crippen LogP contribution in [0.5, 0.6) is 5.75 Å². The lowest BCUT2D eigenvalue weighted by Crippen LogP contribution is -1.97. The number of aromatic amines is 1. The summed E-state index contributed by atoms with van der Waals surface area (Å²) in [6.45, 7) is 3.98. The maximum absolute atomic E-state index is 10.4. The molecule has 0 amide bonds. The minimum Gasteiger partial charge on any atom is -0.497 e. The number of aryl methyl sites for hydroxylation is 2. The van der Waals surface area contributed by atoms with Crippen molar-refractivity contribution < 1.29 is 19.9 Å². The quantitative estimate of drug-likeness (QED) is 0.636. The number of phenolic OH excluding ortho intramolecular Hbond substituents is 1. The summed E-state index contributed by atoms with van der Waals surface area (Å²) in [7, 11) is 0. The van der Waals surface area contributed by atoms with Crippen LogP contribution in [0.4, 0.5) is 17.1 Å². The lowest BCUT2D eigenvalue weighted by molar-refractivity contribution is -0.404. The van der Waals surface area contributed by atoms with E-state index in [1.165, 1.54) is 0 Å². The molecular formula is C11H11N5O7. The van der Waals surface area contributed by atoms with Crippen molar-refractivity contribution in [2.24, 2.45) is 0 Å². The van der Waals surface area contributed by atoms with Crippen molar-refractivity contribution in [2.45, 2.75) is 13.8 Å². The predicted molar refractivity (Wildman–Crippen MR) is 76.1 cm³/mol. The molecule has 1 heterocycles. The van der Waals surface area contributed by atoms with Gasteiger partial charge in [-0.3, -0.25) is 30.3 Å². The SMILES string of the molecule is Cc1nc[nH]c1C.O=[N+]([O-])c1cc([N+](=O)[O-])c(O)c([N+](=O)[O-])c1. The number of aromatic hydroxyl groups is 1. The van der Waals surface area contributed by atoms with Gasteiger partial charge in [-0.2, -0.15) is 0 Å². The Kier molecular flexibility index (Phi) is 5.27. The van der Waals surface area contributed by atoms with Crippen molar-refractivity contribution >= 4 is 17.1 Å². The number of phenols is 1. The standard InChI is InChI=1S/C6H3N3O7.C5H8N2/c10-6-4(8(13)14)1-3(7(11)12)2-5(6)9(15)16;1-4-5(2)7-3-6-4/h1-2,10H;3H,1-2H3,(H,6,7). The molecule has 12 heteroatoms. The Morgan fingerprint density at radius 3 is 1.70 bits per heavy atom. The van der Waals surface area contributed by atoms with Crippen LogP contribution in [0.25, 0.3) is 0 Å². The monoisotopic (exact) mass is 325 g/mol. The van der Waals surface area contributed by atoms with Crippen molar-refractivity contribution in [1.82, 2.24) is 9.97 Å². The highest BCUT2D eigenvalue weighted by molar-refractivity contribution is 5.64. The van der Waals surface area contributed by atoms with Gasteiger partial charge in [-0.05, 0) is 13.8 Å². The molecular weight excluding hydrogens is 314 g/mol. The van der Waals surface area contributed by atoms with Gasteiger partial charge < -0.3 is 10.1 Å². The highest BCUT2D eigenvalue weighted by Gasteiger charge is 2.30. The molecule has 0 saturated heterocycles. The van der Waals surface area contributed by atoms with Crippen molar-refractivity contribution in [3.63, 3.8) is 0 Å². The Labute approximate surface area is 127 Å². The lowest BCUT2D eigenvalue weighted by atomic mass is 10.2. The van der Waals surface area contributed by atoms with Gasteiger partial charge in [-0.15, -0.1) is 0 Å². The maximum Gasteiger partial charge on any atom is 0.324 e. The number of nitro benzene ring substituents is 3. The summed E-state index contributed by atoms with van der Waals surface area (Å²) in [5, 5.41) is 40.2. The number of non-ortho nitro benzene ring substituents is 1. The van der Waals surface area contributed by atoms with Crippen LogP contribution in [0.15, 0.2) is 18.5 Å². The second-order valence-corrected chi connectivity index (χ2v) is 4.22. The number of imidazole rings is 1. The van der Waals surface area contributed by atoms with Crippen LogP contribution < -0.4 is 0 Å². The van der Waals surface area contributed by atoms with Crippen molar-refractivity contribution in [3.05, 3.63) is 60.2 Å². The fourth-order valence-corrected chi connectivity index (χ4v) is 1.40. The first kappa shape index (κ1) is 17.5. The first-order valence-electron chi connectivity index (χ1n) is 5.92. The molecule has 0 aliphatic carbocycles. The number of hydrogen-bond acceptors (Lipinski definition) is 8. The number of nitrogens with one attached hydrogen (secondary N) is 1. The van der Waals surface area contributed by atoms with E-state index in [9.17, 15) is 30.3 Å². The number of rotatable bonds is 3. The van der Waals surface area contributed by atoms with Gasteiger partial charge in [-0.1, -0.05) is 0 Å². The number of nitrogens with zero attached hydrogens (tertiary/aromatic N) is 4. The number of H-pyrrole nitrogens is 1. The van der Waals surface area contributed by atoms with E-state index in [1.807, 2.05) is 13.8 Å². The van der Waals surface area contributed by atoms with E-state index < -0.39 is 37.6 Å². The molecule has 0 atom stereocenters. The molecule has 0 saturated carbocycles. The predicted octanol–water partition coefficient (Wildman–Crippen LogP) is 2.14. The van der Waals surface area contributed by atoms with Crippen molar-refractivity contribution in [2.75, 3.05) is 0 Å². The number of benzene rings is 1. The van der Waals surface area contributed by atoms with Gasteiger partial charge >= 0.3 is 11.4 Å². The summed E-state index contributed by atoms with van der Waals surface area (Å²) in [6, 6.07) is 0.894. The lowest BCUT2D eigenvalue weighted by Gasteiger charge is -1.97. The highest BCUT2D eigenvalue weighted by Crippen LogP contribution is 2.38. The molecule has 1 aromatic carbocycles. The second-order valence-electron chi connectivity index (χ2n) is 4.22. The molecule has 0 bridgehead atoms. The van der Waals surface area contributed by atoms with E-state index >= 15 is 0 Å². The van der Waals surface area contributed by atoms with Crippen LogP contribution in [-0.2, 0) is 0 Å². The van der Waals surface area contributed by atoms with Crippen LogP contribution >= 0.6 is 0 Å². The molecule has 2 aromatic rings. The average Bonchev–Trinajstić information content (AvgIpc) is 2.82. The molecule has 122 valence electrons. The fraction of sp³-hybridized carbons (Fsp3) is 0.182. The summed E-state index contributed by atoms with van der Waals surface area (Å²) in [6.07, 6.45) is 1.70. The Morgan fingerprint density at radius 2 is 1.48 bits per heavy atom. The van der Waals surface area contributed by atoms with E-state index in [4.69, 9.17) is 5.11 Å². The molecule has 0 radical (unpaired) electrons. The van der Waals surface area contributed by atoms with Crippen molar-refractivity contribution in [1.29, 1.82) is 0 Å². The molecule has 0 unspecified atom stereocenters. The molecule has 23 heavy (non-hydrogen) atoms. The van der Waals surface area contributed by atoms with Crippen LogP contribution in [0, 0.1) is 44.2 Å². The third-order valence-electron chi connectivity index (χ3n) is 2.74. The largest absolute Gasteiger partial charge is 0.497 e. The zero-order valence-electron chi connectivity index (χ0n) is 11.9. The van der Waals surface area contributed by atoms with Gasteiger partial charge in [-0.25, -0.2) is 4.98 Å². The van der Waals surface area contributed by atoms with E-state index in [0.29, 0.717) is 12.1 Å². The Hall–Kier alpha value is -3.57. The number of hydrogen-bond donors (Lipinski definition) is 2. The van der Waals surface area contributed by atoms with Gasteiger partial charge in [0.1, 0.15) is 0 Å². The van der Waals surface area contributed by atoms with Crippen LogP contribution in [0.1, 0.15) is 11.4 Å². The zero-order chi connectivity index (χ0) is 17.7. The zero-order valence-corrected chi connectivity index (χ0v) is 11.9. The molecule has 1 aromatic heterocycles. The molecule has 0 aliphatic heterocycles. The first-order chi connectivity index (χ1) is 10.6. The average molecular weight is 325 g/mol. The van der Waals surface area contributed by atoms with Gasteiger partial charge in [0.25, 0.3) is 11.4 Å². The van der Waals surface area contributed by atoms with E-state index in [-0.39, 0.29) is 0 Å². The summed E-state index contributed by atoms with van der Waals surface area (Å²) in [4.78, 5) is 34.7. The third kappa shape index (κ3) is 4.20. The Balaban J connectivity index is 0.000000313. The Bertz CT molecular complexity index is 718. The number of aromatic nitrogens is 2. The molecule has 0 spiro atoms. The normalized spacial score (nSPS) is 9.65. The van der Waals surface area contributed by atoms with Gasteiger partial charge in [0.2, 0.25) is 0 Å². The van der Waals surface area contributed by atoms with E-state index in [2.05, 4.69) is 9.97 Å². The van der Waals surface area contributed by atoms with Gasteiger partial charge in [0, 0.05) is 5.69 Å². The molecule has 2 N–H and O–H groups in total. The molecule has 0 fully saturated rings. The Morgan fingerprint density at radius 1 is 1.00 bits per heavy atom. The maximum atomic E-state index is 10.4. The van der Waals surface area contributed by atoms with Crippen LogP contribution in [0.3, 0.4) is 0 Å². The number of nitro groups is 3. The molecule has 2 rings (SSSR count).